The molecule has 0 spiro atoms. The Morgan fingerprint density at radius 1 is 1.38 bits per heavy atom. The molecule has 0 aliphatic carbocycles. The number of amides is 1. The number of carboxylic acid groups (broad SMARTS) is 1. The van der Waals surface area contributed by atoms with Crippen molar-refractivity contribution in [1.82, 2.24) is 4.90 Å². The Morgan fingerprint density at radius 3 is 2.19 bits per heavy atom. The van der Waals surface area contributed by atoms with Crippen molar-refractivity contribution in [1.29, 1.82) is 0 Å². The van der Waals surface area contributed by atoms with Gasteiger partial charge in [0.2, 0.25) is 5.91 Å². The Bertz CT molecular complexity index is 258. The molecule has 1 amide bonds. The molecule has 0 rings (SSSR count). The van der Waals surface area contributed by atoms with Crippen molar-refractivity contribution in [2.45, 2.75) is 39.7 Å². The first-order valence-electron chi connectivity index (χ1n) is 5.43. The summed E-state index contributed by atoms with van der Waals surface area (Å²) < 4.78 is 0. The number of carbonyl (C=O) groups is 2. The standard InChI is InChI=1S/C11H22N2O3/c1-8(5-6-12)10(16)13(7-9(14)15)11(2,3)4/h8H,5-7,12H2,1-4H3,(H,14,15). The quantitative estimate of drug-likeness (QED) is 0.727. The molecule has 0 aromatic carbocycles. The molecule has 0 heterocycles. The van der Waals surface area contributed by atoms with Crippen molar-refractivity contribution >= 4 is 11.9 Å². The van der Waals surface area contributed by atoms with Crippen molar-refractivity contribution in [3.05, 3.63) is 0 Å². The van der Waals surface area contributed by atoms with Crippen LogP contribution in [0.5, 0.6) is 0 Å². The van der Waals surface area contributed by atoms with Crippen LogP contribution in [0.25, 0.3) is 0 Å². The van der Waals surface area contributed by atoms with Crippen molar-refractivity contribution in [2.75, 3.05) is 13.1 Å². The van der Waals surface area contributed by atoms with Gasteiger partial charge in [-0.15, -0.1) is 0 Å². The van der Waals surface area contributed by atoms with E-state index in [1.807, 2.05) is 20.8 Å². The maximum Gasteiger partial charge on any atom is 0.323 e. The fourth-order valence-electron chi connectivity index (χ4n) is 1.42. The molecular weight excluding hydrogens is 208 g/mol. The molecule has 5 heteroatoms. The minimum atomic E-state index is -0.997. The summed E-state index contributed by atoms with van der Waals surface area (Å²) in [5, 5.41) is 8.79. The molecule has 1 atom stereocenters. The predicted molar refractivity (Wildman–Crippen MR) is 61.9 cm³/mol. The highest BCUT2D eigenvalue weighted by atomic mass is 16.4. The number of nitrogens with two attached hydrogens (primary N) is 1. The molecule has 0 aliphatic heterocycles. The van der Waals surface area contributed by atoms with Crippen LogP contribution in [-0.2, 0) is 9.59 Å². The van der Waals surface area contributed by atoms with E-state index in [1.165, 1.54) is 4.90 Å². The Labute approximate surface area is 96.6 Å². The number of hydrogen-bond acceptors (Lipinski definition) is 3. The average molecular weight is 230 g/mol. The van der Waals surface area contributed by atoms with Gasteiger partial charge in [0, 0.05) is 11.5 Å². The van der Waals surface area contributed by atoms with Gasteiger partial charge in [0.15, 0.2) is 0 Å². The van der Waals surface area contributed by atoms with Crippen LogP contribution >= 0.6 is 0 Å². The molecule has 3 N–H and O–H groups in total. The summed E-state index contributed by atoms with van der Waals surface area (Å²) >= 11 is 0. The molecule has 0 aromatic heterocycles. The number of aliphatic carboxylic acids is 1. The van der Waals surface area contributed by atoms with E-state index < -0.39 is 11.5 Å². The minimum absolute atomic E-state index is 0.152. The Balaban J connectivity index is 4.76. The van der Waals surface area contributed by atoms with Crippen LogP contribution in [-0.4, -0.2) is 40.5 Å². The normalized spacial score (nSPS) is 13.3. The third kappa shape index (κ3) is 4.61. The third-order valence-corrected chi connectivity index (χ3v) is 2.39. The summed E-state index contributed by atoms with van der Waals surface area (Å²) in [5.41, 5.74) is 4.90. The lowest BCUT2D eigenvalue weighted by Gasteiger charge is -2.36. The van der Waals surface area contributed by atoms with Crippen LogP contribution < -0.4 is 5.73 Å². The predicted octanol–water partition coefficient (Wildman–Crippen LogP) is 0.683. The molecular formula is C11H22N2O3. The van der Waals surface area contributed by atoms with Gasteiger partial charge < -0.3 is 15.7 Å². The highest BCUT2D eigenvalue weighted by Gasteiger charge is 2.30. The lowest BCUT2D eigenvalue weighted by molar-refractivity contribution is -0.150. The molecule has 0 aliphatic rings. The topological polar surface area (TPSA) is 83.6 Å². The highest BCUT2D eigenvalue weighted by Crippen LogP contribution is 2.17. The molecule has 5 nitrogen and oxygen atoms in total. The molecule has 1 unspecified atom stereocenters. The number of carbonyl (C=O) groups excluding carboxylic acids is 1. The number of carboxylic acids is 1. The molecule has 0 saturated carbocycles. The maximum absolute atomic E-state index is 12.0. The van der Waals surface area contributed by atoms with Gasteiger partial charge in [-0.25, -0.2) is 0 Å². The van der Waals surface area contributed by atoms with E-state index in [0.29, 0.717) is 13.0 Å². The summed E-state index contributed by atoms with van der Waals surface area (Å²) in [6.07, 6.45) is 0.574. The lowest BCUT2D eigenvalue weighted by Crippen LogP contribution is -2.50. The van der Waals surface area contributed by atoms with Crippen LogP contribution in [0.3, 0.4) is 0 Å². The lowest BCUT2D eigenvalue weighted by atomic mass is 10.00. The van der Waals surface area contributed by atoms with Gasteiger partial charge in [-0.3, -0.25) is 9.59 Å². The molecule has 0 aromatic rings. The van der Waals surface area contributed by atoms with E-state index in [-0.39, 0.29) is 18.4 Å². The fourth-order valence-corrected chi connectivity index (χ4v) is 1.42. The van der Waals surface area contributed by atoms with Crippen molar-refractivity contribution in [2.24, 2.45) is 11.7 Å². The molecule has 0 fully saturated rings. The van der Waals surface area contributed by atoms with E-state index in [9.17, 15) is 9.59 Å². The van der Waals surface area contributed by atoms with Crippen molar-refractivity contribution in [3.63, 3.8) is 0 Å². The van der Waals surface area contributed by atoms with Gasteiger partial charge >= 0.3 is 5.97 Å². The van der Waals surface area contributed by atoms with Crippen molar-refractivity contribution in [3.8, 4) is 0 Å². The Morgan fingerprint density at radius 2 is 1.88 bits per heavy atom. The van der Waals surface area contributed by atoms with Gasteiger partial charge in [0.25, 0.3) is 0 Å². The van der Waals surface area contributed by atoms with Crippen molar-refractivity contribution < 1.29 is 14.7 Å². The SMILES string of the molecule is CC(CCN)C(=O)N(CC(=O)O)C(C)(C)C. The van der Waals surface area contributed by atoms with Gasteiger partial charge in [0.1, 0.15) is 6.54 Å². The third-order valence-electron chi connectivity index (χ3n) is 2.39. The summed E-state index contributed by atoms with van der Waals surface area (Å²) in [5.74, 6) is -1.38. The first-order valence-corrected chi connectivity index (χ1v) is 5.43. The second kappa shape index (κ2) is 5.84. The zero-order valence-corrected chi connectivity index (χ0v) is 10.5. The van der Waals surface area contributed by atoms with Gasteiger partial charge in [-0.05, 0) is 33.7 Å². The van der Waals surface area contributed by atoms with E-state index in [2.05, 4.69) is 0 Å². The highest BCUT2D eigenvalue weighted by molar-refractivity contribution is 5.83. The summed E-state index contributed by atoms with van der Waals surface area (Å²) in [6, 6.07) is 0. The summed E-state index contributed by atoms with van der Waals surface area (Å²) in [7, 11) is 0. The first kappa shape index (κ1) is 14.9. The monoisotopic (exact) mass is 230 g/mol. The number of hydrogen-bond donors (Lipinski definition) is 2. The van der Waals surface area contributed by atoms with E-state index in [0.717, 1.165) is 0 Å². The zero-order valence-electron chi connectivity index (χ0n) is 10.5. The van der Waals surface area contributed by atoms with Crippen LogP contribution in [0.2, 0.25) is 0 Å². The average Bonchev–Trinajstić information content (AvgIpc) is 2.11. The molecule has 16 heavy (non-hydrogen) atoms. The number of rotatable bonds is 5. The summed E-state index contributed by atoms with van der Waals surface area (Å²) in [6.45, 7) is 7.40. The van der Waals surface area contributed by atoms with E-state index >= 15 is 0 Å². The smallest absolute Gasteiger partial charge is 0.323 e. The Hall–Kier alpha value is -1.10. The number of nitrogens with zero attached hydrogens (tertiary/aromatic N) is 1. The fraction of sp³-hybridized carbons (Fsp3) is 0.818. The van der Waals surface area contributed by atoms with Crippen LogP contribution in [0, 0.1) is 5.92 Å². The first-order chi connectivity index (χ1) is 7.20. The van der Waals surface area contributed by atoms with Gasteiger partial charge in [-0.2, -0.15) is 0 Å². The van der Waals surface area contributed by atoms with Gasteiger partial charge in [-0.1, -0.05) is 6.92 Å². The molecule has 0 radical (unpaired) electrons. The second-order valence-corrected chi connectivity index (χ2v) is 4.97. The second-order valence-electron chi connectivity index (χ2n) is 4.97. The molecule has 94 valence electrons. The summed E-state index contributed by atoms with van der Waals surface area (Å²) in [4.78, 5) is 24.1. The Kier molecular flexibility index (Phi) is 5.44. The zero-order chi connectivity index (χ0) is 12.9. The van der Waals surface area contributed by atoms with E-state index in [1.54, 1.807) is 6.92 Å². The molecule has 0 saturated heterocycles. The van der Waals surface area contributed by atoms with Crippen LogP contribution in [0.1, 0.15) is 34.1 Å². The molecule has 0 bridgehead atoms. The van der Waals surface area contributed by atoms with Gasteiger partial charge in [0.05, 0.1) is 0 Å². The van der Waals surface area contributed by atoms with Crippen LogP contribution in [0.15, 0.2) is 0 Å². The largest absolute Gasteiger partial charge is 0.480 e. The minimum Gasteiger partial charge on any atom is -0.480 e. The van der Waals surface area contributed by atoms with E-state index in [4.69, 9.17) is 10.8 Å². The van der Waals surface area contributed by atoms with Crippen LogP contribution in [0.4, 0.5) is 0 Å². The maximum atomic E-state index is 12.0.